The number of hydrogen-bond donors (Lipinski definition) is 0. The Bertz CT molecular complexity index is 32.9. The molecule has 0 N–H and O–H groups in total. The summed E-state index contributed by atoms with van der Waals surface area (Å²) in [5, 5.41) is 0. The van der Waals surface area contributed by atoms with Gasteiger partial charge in [0.1, 0.15) is 0 Å². The van der Waals surface area contributed by atoms with Crippen LogP contribution in [-0.4, -0.2) is 15.8 Å². The van der Waals surface area contributed by atoms with E-state index in [0.717, 1.165) is 0 Å². The van der Waals surface area contributed by atoms with Gasteiger partial charge < -0.3 is 0 Å². The topological polar surface area (TPSA) is 0 Å². The van der Waals surface area contributed by atoms with Crippen molar-refractivity contribution < 1.29 is 0 Å². The van der Waals surface area contributed by atoms with Gasteiger partial charge in [-0.3, -0.25) is 0 Å². The summed E-state index contributed by atoms with van der Waals surface area (Å²) in [6, 6.07) is 0. The van der Waals surface area contributed by atoms with E-state index in [0.29, 0.717) is 0 Å². The number of hydrogen-bond acceptors (Lipinski definition) is 0. The zero-order chi connectivity index (χ0) is 4.12. The Morgan fingerprint density at radius 2 is 1.60 bits per heavy atom. The molecule has 0 aliphatic rings. The van der Waals surface area contributed by atoms with Gasteiger partial charge in [0.2, 0.25) is 0 Å². The van der Waals surface area contributed by atoms with Gasteiger partial charge in [0.25, 0.3) is 0 Å². The van der Waals surface area contributed by atoms with Crippen LogP contribution in [0.1, 0.15) is 0 Å². The van der Waals surface area contributed by atoms with Crippen molar-refractivity contribution in [3.05, 3.63) is 22.9 Å². The van der Waals surface area contributed by atoms with Crippen LogP contribution in [0.2, 0.25) is 0 Å². The van der Waals surface area contributed by atoms with Gasteiger partial charge in [0.15, 0.2) is 0 Å². The first-order valence-corrected chi connectivity index (χ1v) is 3.50. The molecule has 0 fully saturated rings. The van der Waals surface area contributed by atoms with Crippen LogP contribution in [0.15, 0.2) is 22.9 Å². The van der Waals surface area contributed by atoms with Crippen LogP contribution in [0.4, 0.5) is 0 Å². The fraction of sp³-hybridized carbons (Fsp3) is 0. The van der Waals surface area contributed by atoms with E-state index in [1.807, 2.05) is 9.73 Å². The first kappa shape index (κ1) is 5.04. The molecule has 5 heavy (non-hydrogen) atoms. The van der Waals surface area contributed by atoms with Gasteiger partial charge in [0, 0.05) is 0 Å². The molecule has 27 valence electrons. The Labute approximate surface area is 39.3 Å². The monoisotopic (exact) mass is 129 g/mol. The molecular weight excluding hydrogens is 123 g/mol. The van der Waals surface area contributed by atoms with Gasteiger partial charge in [-0.25, -0.2) is 0 Å². The average molecular weight is 129 g/mol. The minimum absolute atomic E-state index is 0.271. The molecule has 0 atom stereocenters. The minimum atomic E-state index is 0.271. The summed E-state index contributed by atoms with van der Waals surface area (Å²) in [7, 11) is 0. The summed E-state index contributed by atoms with van der Waals surface area (Å²) in [6.45, 7) is 7.04. The Morgan fingerprint density at radius 1 is 1.20 bits per heavy atom. The van der Waals surface area contributed by atoms with E-state index in [4.69, 9.17) is 0 Å². The van der Waals surface area contributed by atoms with E-state index in [2.05, 4.69) is 13.2 Å². The van der Waals surface area contributed by atoms with E-state index in [1.165, 1.54) is 0 Å². The summed E-state index contributed by atoms with van der Waals surface area (Å²) < 4.78 is 0. The average Bonchev–Trinajstić information content (AvgIpc) is 1.41. The zero-order valence-corrected chi connectivity index (χ0v) is 4.89. The summed E-state index contributed by atoms with van der Waals surface area (Å²) in [6.07, 6.45) is 0. The van der Waals surface area contributed by atoms with Crippen molar-refractivity contribution in [2.45, 2.75) is 0 Å². The molecule has 0 unspecified atom stereocenters. The van der Waals surface area contributed by atoms with Crippen molar-refractivity contribution in [3.8, 4) is 0 Å². The van der Waals surface area contributed by atoms with Gasteiger partial charge >= 0.3 is 38.6 Å². The van der Waals surface area contributed by atoms with Crippen LogP contribution >= 0.6 is 0 Å². The van der Waals surface area contributed by atoms with Crippen molar-refractivity contribution >= 4 is 15.8 Å². The van der Waals surface area contributed by atoms with Crippen molar-refractivity contribution in [2.24, 2.45) is 0 Å². The molecule has 0 aliphatic carbocycles. The van der Waals surface area contributed by atoms with Crippen LogP contribution < -0.4 is 0 Å². The Balaban J connectivity index is 2.65. The van der Waals surface area contributed by atoms with Gasteiger partial charge in [-0.05, 0) is 0 Å². The van der Waals surface area contributed by atoms with E-state index in [9.17, 15) is 0 Å². The van der Waals surface area contributed by atoms with Crippen LogP contribution in [0, 0.1) is 0 Å². The van der Waals surface area contributed by atoms with Gasteiger partial charge in [-0.15, -0.1) is 0 Å². The zero-order valence-electron chi connectivity index (χ0n) is 3.02. The molecule has 0 nitrogen and oxygen atoms in total. The molecule has 0 aromatic heterocycles. The summed E-state index contributed by atoms with van der Waals surface area (Å²) in [5.74, 6) is 0. The molecule has 0 saturated heterocycles. The molecule has 0 aliphatic heterocycles. The molecule has 0 rings (SSSR count). The van der Waals surface area contributed by atoms with Crippen molar-refractivity contribution in [3.63, 3.8) is 0 Å². The fourth-order valence-electron chi connectivity index (χ4n) is 0.0745. The van der Waals surface area contributed by atoms with E-state index < -0.39 is 0 Å². The second-order valence-electron chi connectivity index (χ2n) is 0.514. The molecule has 1 heteroatoms. The SMILES string of the molecule is C=C[As]C=C. The maximum absolute atomic E-state index is 3.52. The molecule has 0 aromatic rings. The van der Waals surface area contributed by atoms with Gasteiger partial charge in [-0.2, -0.15) is 0 Å². The summed E-state index contributed by atoms with van der Waals surface area (Å²) in [4.78, 5) is 3.81. The Morgan fingerprint density at radius 3 is 1.60 bits per heavy atom. The standard InChI is InChI=1S/C4H6As/c1-3-5-4-2/h3-4H,1-2H2. The molecule has 0 aromatic carbocycles. The van der Waals surface area contributed by atoms with Gasteiger partial charge in [-0.1, -0.05) is 0 Å². The third kappa shape index (κ3) is 4.04. The second kappa shape index (κ2) is 4.04. The predicted octanol–water partition coefficient (Wildman–Crippen LogP) is 0.978. The van der Waals surface area contributed by atoms with Crippen LogP contribution in [0.25, 0.3) is 0 Å². The Hall–Kier alpha value is 0.0384. The van der Waals surface area contributed by atoms with Crippen LogP contribution in [0.5, 0.6) is 0 Å². The maximum atomic E-state index is 3.52. The van der Waals surface area contributed by atoms with Gasteiger partial charge in [0.05, 0.1) is 0 Å². The normalized spacial score (nSPS) is 6.40. The number of rotatable bonds is 2. The van der Waals surface area contributed by atoms with Crippen molar-refractivity contribution in [1.82, 2.24) is 0 Å². The Kier molecular flexibility index (Phi) is 4.07. The van der Waals surface area contributed by atoms with Crippen molar-refractivity contribution in [2.75, 3.05) is 0 Å². The van der Waals surface area contributed by atoms with Crippen LogP contribution in [0.3, 0.4) is 0 Å². The molecule has 1 radical (unpaired) electrons. The van der Waals surface area contributed by atoms with Crippen molar-refractivity contribution in [1.29, 1.82) is 0 Å². The molecule has 0 bridgehead atoms. The quantitative estimate of drug-likeness (QED) is 0.487. The van der Waals surface area contributed by atoms with E-state index in [-0.39, 0.29) is 15.8 Å². The molecule has 0 amide bonds. The molecule has 0 heterocycles. The fourth-order valence-corrected chi connectivity index (χ4v) is 0.387. The third-order valence-corrected chi connectivity index (χ3v) is 1.10. The van der Waals surface area contributed by atoms with E-state index >= 15 is 0 Å². The summed E-state index contributed by atoms with van der Waals surface area (Å²) in [5.41, 5.74) is 0. The van der Waals surface area contributed by atoms with E-state index in [1.54, 1.807) is 0 Å². The molecule has 0 spiro atoms. The second-order valence-corrected chi connectivity index (χ2v) is 2.67. The first-order valence-electron chi connectivity index (χ1n) is 1.33. The van der Waals surface area contributed by atoms with Crippen LogP contribution in [-0.2, 0) is 0 Å². The predicted molar refractivity (Wildman–Crippen MR) is 26.1 cm³/mol. The summed E-state index contributed by atoms with van der Waals surface area (Å²) >= 11 is 0.271. The molecular formula is C4H6As. The molecule has 0 saturated carbocycles. The first-order chi connectivity index (χ1) is 2.41. The third-order valence-electron chi connectivity index (χ3n) is 0.211.